The van der Waals surface area contributed by atoms with E-state index < -0.39 is 29.0 Å². The van der Waals surface area contributed by atoms with Gasteiger partial charge in [0.2, 0.25) is 5.91 Å². The molecule has 1 aromatic carbocycles. The summed E-state index contributed by atoms with van der Waals surface area (Å²) < 4.78 is 42.8. The molecule has 0 radical (unpaired) electrons. The summed E-state index contributed by atoms with van der Waals surface area (Å²) in [7, 11) is 0. The number of alkyl halides is 5. The van der Waals surface area contributed by atoms with Gasteiger partial charge >= 0.3 is 6.18 Å². The van der Waals surface area contributed by atoms with Gasteiger partial charge in [-0.15, -0.1) is 23.2 Å². The lowest BCUT2D eigenvalue weighted by molar-refractivity contribution is -0.253. The first-order valence-electron chi connectivity index (χ1n) is 10.4. The molecule has 1 aliphatic heterocycles. The molecule has 0 aromatic heterocycles. The lowest BCUT2D eigenvalue weighted by atomic mass is 9.81. The number of carbonyl (C=O) groups excluding carboxylic acids is 1. The molecule has 180 valence electrons. The quantitative estimate of drug-likeness (QED) is 0.368. The maximum absolute atomic E-state index is 14.3. The molecule has 0 fully saturated rings. The molecule has 0 saturated heterocycles. The van der Waals surface area contributed by atoms with Crippen LogP contribution in [0.2, 0.25) is 0 Å². The number of aryl methyl sites for hydroxylation is 1. The first-order chi connectivity index (χ1) is 15.3. The highest BCUT2D eigenvalue weighted by Crippen LogP contribution is 2.49. The third-order valence-electron chi connectivity index (χ3n) is 5.80. The van der Waals surface area contributed by atoms with Crippen LogP contribution in [-0.4, -0.2) is 34.7 Å². The maximum Gasteiger partial charge on any atom is 0.435 e. The molecule has 33 heavy (non-hydrogen) atoms. The Balaban J connectivity index is 1.86. The highest BCUT2D eigenvalue weighted by molar-refractivity contribution is 6.22. The highest BCUT2D eigenvalue weighted by Gasteiger charge is 2.63. The van der Waals surface area contributed by atoms with E-state index >= 15 is 0 Å². The largest absolute Gasteiger partial charge is 0.435 e. The molecular formula is C23H26Cl2F3N3O2. The average Bonchev–Trinajstić information content (AvgIpc) is 3.19. The number of rotatable bonds is 6. The van der Waals surface area contributed by atoms with Crippen LogP contribution >= 0.6 is 23.2 Å². The van der Waals surface area contributed by atoms with Crippen LogP contribution < -0.4 is 10.9 Å². The Morgan fingerprint density at radius 3 is 2.61 bits per heavy atom. The molecule has 2 unspecified atom stereocenters. The predicted molar refractivity (Wildman–Crippen MR) is 125 cm³/mol. The number of hydrazine groups is 1. The Morgan fingerprint density at radius 2 is 2.00 bits per heavy atom. The number of oxime groups is 1. The second-order valence-corrected chi connectivity index (χ2v) is 9.89. The van der Waals surface area contributed by atoms with Gasteiger partial charge in [0.05, 0.1) is 22.2 Å². The zero-order valence-corrected chi connectivity index (χ0v) is 20.3. The van der Waals surface area contributed by atoms with E-state index in [1.807, 2.05) is 0 Å². The fourth-order valence-electron chi connectivity index (χ4n) is 3.60. The summed E-state index contributed by atoms with van der Waals surface area (Å²) in [6.07, 6.45) is -1.96. The molecule has 1 heterocycles. The third kappa shape index (κ3) is 5.17. The van der Waals surface area contributed by atoms with E-state index in [2.05, 4.69) is 16.0 Å². The number of nitrogens with zero attached hydrogens (tertiary/aromatic N) is 1. The van der Waals surface area contributed by atoms with E-state index in [0.29, 0.717) is 16.8 Å². The van der Waals surface area contributed by atoms with Gasteiger partial charge in [-0.2, -0.15) is 13.2 Å². The Kier molecular flexibility index (Phi) is 7.10. The zero-order valence-electron chi connectivity index (χ0n) is 18.7. The first-order valence-corrected chi connectivity index (χ1v) is 11.3. The molecule has 2 atom stereocenters. The number of allylic oxidation sites excluding steroid dienone is 3. The average molecular weight is 504 g/mol. The second kappa shape index (κ2) is 9.22. The third-order valence-corrected chi connectivity index (χ3v) is 6.74. The maximum atomic E-state index is 14.3. The van der Waals surface area contributed by atoms with Crippen molar-refractivity contribution in [3.8, 4) is 0 Å². The molecule has 2 N–H and O–H groups in total. The van der Waals surface area contributed by atoms with Crippen LogP contribution in [0.15, 0.2) is 46.7 Å². The van der Waals surface area contributed by atoms with E-state index in [9.17, 15) is 18.0 Å². The molecule has 1 amide bonds. The molecule has 10 heteroatoms. The smallest absolute Gasteiger partial charge is 0.374 e. The normalized spacial score (nSPS) is 23.3. The van der Waals surface area contributed by atoms with Gasteiger partial charge < -0.3 is 4.84 Å². The summed E-state index contributed by atoms with van der Waals surface area (Å²) in [5, 5.41) is 3.28. The van der Waals surface area contributed by atoms with Crippen LogP contribution in [0.4, 0.5) is 18.9 Å². The number of anilines is 1. The van der Waals surface area contributed by atoms with Gasteiger partial charge in [-0.3, -0.25) is 15.6 Å². The minimum Gasteiger partial charge on any atom is -0.374 e. The standard InChI is InChI=1S/C23H26Cl2F3N3O2/c1-13-7-16(10-17(25)8-13)22(23(26,27)28)11-19(31-33-22)15-6-5-14(2)18(9-15)29-30-20(32)21(3,4)12-24/h5-9,17,29H,10-12H2,1-4H3,(H,30,32). The lowest BCUT2D eigenvalue weighted by Crippen LogP contribution is -2.48. The molecule has 0 saturated carbocycles. The van der Waals surface area contributed by atoms with Gasteiger partial charge in [0, 0.05) is 17.9 Å². The van der Waals surface area contributed by atoms with E-state index in [4.69, 9.17) is 28.0 Å². The van der Waals surface area contributed by atoms with Gasteiger partial charge in [0.1, 0.15) is 0 Å². The topological polar surface area (TPSA) is 62.7 Å². The number of halogens is 5. The van der Waals surface area contributed by atoms with Crippen molar-refractivity contribution in [2.24, 2.45) is 10.6 Å². The molecule has 5 nitrogen and oxygen atoms in total. The summed E-state index contributed by atoms with van der Waals surface area (Å²) in [4.78, 5) is 17.4. The minimum atomic E-state index is -4.69. The zero-order chi connectivity index (χ0) is 24.6. The van der Waals surface area contributed by atoms with Crippen molar-refractivity contribution in [1.82, 2.24) is 5.43 Å². The fourth-order valence-corrected chi connectivity index (χ4v) is 4.09. The molecule has 1 aliphatic carbocycles. The monoisotopic (exact) mass is 503 g/mol. The van der Waals surface area contributed by atoms with Crippen molar-refractivity contribution < 1.29 is 22.8 Å². The molecule has 2 aliphatic rings. The number of amides is 1. The van der Waals surface area contributed by atoms with E-state index in [-0.39, 0.29) is 29.5 Å². The van der Waals surface area contributed by atoms with Crippen molar-refractivity contribution >= 4 is 40.5 Å². The summed E-state index contributed by atoms with van der Waals surface area (Å²) in [5.74, 6) is -0.191. The molecule has 0 bridgehead atoms. The van der Waals surface area contributed by atoms with Crippen molar-refractivity contribution in [2.45, 2.75) is 57.7 Å². The molecule has 3 rings (SSSR count). The van der Waals surface area contributed by atoms with Crippen molar-refractivity contribution in [1.29, 1.82) is 0 Å². The summed E-state index contributed by atoms with van der Waals surface area (Å²) >= 11 is 12.0. The Hall–Kier alpha value is -2.19. The van der Waals surface area contributed by atoms with Crippen LogP contribution in [-0.2, 0) is 9.63 Å². The van der Waals surface area contributed by atoms with Crippen molar-refractivity contribution in [3.05, 3.63) is 52.6 Å². The summed E-state index contributed by atoms with van der Waals surface area (Å²) in [6, 6.07) is 5.03. The van der Waals surface area contributed by atoms with Crippen LogP contribution in [0.5, 0.6) is 0 Å². The van der Waals surface area contributed by atoms with E-state index in [1.54, 1.807) is 52.0 Å². The molecule has 0 spiro atoms. The van der Waals surface area contributed by atoms with Gasteiger partial charge in [0.15, 0.2) is 0 Å². The van der Waals surface area contributed by atoms with Crippen LogP contribution in [0.3, 0.4) is 0 Å². The fraction of sp³-hybridized carbons (Fsp3) is 0.478. The molecule has 1 aromatic rings. The number of nitrogens with one attached hydrogen (secondary N) is 2. The number of hydrogen-bond acceptors (Lipinski definition) is 4. The van der Waals surface area contributed by atoms with Crippen LogP contribution in [0.1, 0.15) is 44.7 Å². The lowest BCUT2D eigenvalue weighted by Gasteiger charge is -2.33. The Morgan fingerprint density at radius 1 is 1.30 bits per heavy atom. The van der Waals surface area contributed by atoms with Gasteiger partial charge in [-0.1, -0.05) is 35.0 Å². The summed E-state index contributed by atoms with van der Waals surface area (Å²) in [5.41, 5.74) is 4.67. The predicted octanol–water partition coefficient (Wildman–Crippen LogP) is 6.01. The number of benzene rings is 1. The molecular weight excluding hydrogens is 478 g/mol. The Bertz CT molecular complexity index is 1030. The second-order valence-electron chi connectivity index (χ2n) is 9.06. The number of hydrogen-bond donors (Lipinski definition) is 2. The van der Waals surface area contributed by atoms with E-state index in [0.717, 1.165) is 5.56 Å². The Labute approximate surface area is 201 Å². The number of carbonyl (C=O) groups is 1. The first kappa shape index (κ1) is 25.4. The van der Waals surface area contributed by atoms with Crippen molar-refractivity contribution in [2.75, 3.05) is 11.3 Å². The van der Waals surface area contributed by atoms with Gasteiger partial charge in [-0.05, 0) is 51.3 Å². The highest BCUT2D eigenvalue weighted by atomic mass is 35.5. The summed E-state index contributed by atoms with van der Waals surface area (Å²) in [6.45, 7) is 6.90. The minimum absolute atomic E-state index is 0.0182. The van der Waals surface area contributed by atoms with Gasteiger partial charge in [-0.25, -0.2) is 0 Å². The van der Waals surface area contributed by atoms with Crippen LogP contribution in [0, 0.1) is 12.3 Å². The SMILES string of the molecule is CC1=CC(Cl)CC(C2(C(F)(F)F)CC(c3ccc(C)c(NNC(=O)C(C)(C)CCl)c3)=NO2)=C1. The van der Waals surface area contributed by atoms with E-state index in [1.165, 1.54) is 6.08 Å². The van der Waals surface area contributed by atoms with Crippen molar-refractivity contribution in [3.63, 3.8) is 0 Å². The van der Waals surface area contributed by atoms with Crippen LogP contribution in [0.25, 0.3) is 0 Å². The van der Waals surface area contributed by atoms with Gasteiger partial charge in [0.25, 0.3) is 5.60 Å².